The molecule has 0 aromatic heterocycles. The molecule has 35 heavy (non-hydrogen) atoms. The Hall–Kier alpha value is -3.44. The second-order valence-electron chi connectivity index (χ2n) is 9.33. The summed E-state index contributed by atoms with van der Waals surface area (Å²) in [7, 11) is 0. The number of carbonyl (C=O) groups is 2. The molecule has 1 fully saturated rings. The van der Waals surface area contributed by atoms with Gasteiger partial charge in [-0.2, -0.15) is 0 Å². The van der Waals surface area contributed by atoms with Crippen molar-refractivity contribution in [3.63, 3.8) is 0 Å². The molecular formula is C30H34N2O3. The van der Waals surface area contributed by atoms with Crippen LogP contribution in [0.25, 0.3) is 0 Å². The fraction of sp³-hybridized carbons (Fsp3) is 0.333. The van der Waals surface area contributed by atoms with Crippen LogP contribution in [0.2, 0.25) is 0 Å². The van der Waals surface area contributed by atoms with E-state index in [0.717, 1.165) is 48.1 Å². The summed E-state index contributed by atoms with van der Waals surface area (Å²) in [6.45, 7) is 1.96. The maximum absolute atomic E-state index is 13.3. The Labute approximate surface area is 207 Å². The van der Waals surface area contributed by atoms with Crippen molar-refractivity contribution in [1.82, 2.24) is 5.32 Å². The molecule has 3 unspecified atom stereocenters. The van der Waals surface area contributed by atoms with E-state index in [0.29, 0.717) is 6.54 Å². The smallest absolute Gasteiger partial charge is 0.224 e. The summed E-state index contributed by atoms with van der Waals surface area (Å²) in [5.74, 6) is 0.0333. The minimum atomic E-state index is -0.399. The number of hydrogen-bond acceptors (Lipinski definition) is 3. The summed E-state index contributed by atoms with van der Waals surface area (Å²) in [4.78, 5) is 27.3. The molecule has 3 aromatic rings. The second kappa shape index (κ2) is 11.8. The highest BCUT2D eigenvalue weighted by Gasteiger charge is 2.33. The summed E-state index contributed by atoms with van der Waals surface area (Å²) in [6, 6.07) is 27.3. The maximum Gasteiger partial charge on any atom is 0.224 e. The first kappa shape index (κ1) is 24.7. The van der Waals surface area contributed by atoms with E-state index in [1.807, 2.05) is 60.7 Å². The molecule has 0 spiro atoms. The van der Waals surface area contributed by atoms with Crippen LogP contribution < -0.4 is 10.2 Å². The number of benzene rings is 3. The summed E-state index contributed by atoms with van der Waals surface area (Å²) in [6.07, 6.45) is 3.95. The van der Waals surface area contributed by atoms with Crippen molar-refractivity contribution in [3.05, 3.63) is 102 Å². The molecule has 0 bridgehead atoms. The predicted octanol–water partition coefficient (Wildman–Crippen LogP) is 5.36. The largest absolute Gasteiger partial charge is 0.394 e. The minimum absolute atomic E-state index is 0.00106. The van der Waals surface area contributed by atoms with Gasteiger partial charge in [-0.1, -0.05) is 85.6 Å². The molecular weight excluding hydrogens is 436 g/mol. The fourth-order valence-corrected chi connectivity index (χ4v) is 5.09. The highest BCUT2D eigenvalue weighted by Crippen LogP contribution is 2.38. The zero-order chi connectivity index (χ0) is 24.6. The van der Waals surface area contributed by atoms with Crippen LogP contribution in [0.5, 0.6) is 0 Å². The van der Waals surface area contributed by atoms with Crippen molar-refractivity contribution in [3.8, 4) is 0 Å². The summed E-state index contributed by atoms with van der Waals surface area (Å²) < 4.78 is 0. The van der Waals surface area contributed by atoms with Crippen LogP contribution in [0.3, 0.4) is 0 Å². The third-order valence-corrected chi connectivity index (χ3v) is 7.00. The first-order valence-electron chi connectivity index (χ1n) is 12.4. The predicted molar refractivity (Wildman–Crippen MR) is 139 cm³/mol. The van der Waals surface area contributed by atoms with Crippen LogP contribution in [0, 0.1) is 5.92 Å². The molecule has 2 N–H and O–H groups in total. The van der Waals surface area contributed by atoms with Crippen molar-refractivity contribution in [2.24, 2.45) is 5.92 Å². The minimum Gasteiger partial charge on any atom is -0.394 e. The summed E-state index contributed by atoms with van der Waals surface area (Å²) in [5, 5.41) is 13.0. The van der Waals surface area contributed by atoms with E-state index in [1.165, 1.54) is 0 Å². The highest BCUT2D eigenvalue weighted by molar-refractivity contribution is 5.91. The Morgan fingerprint density at radius 3 is 2.17 bits per heavy atom. The lowest BCUT2D eigenvalue weighted by Crippen LogP contribution is -2.39. The molecule has 5 nitrogen and oxygen atoms in total. The monoisotopic (exact) mass is 470 g/mol. The number of carbonyl (C=O) groups excluding carboxylic acids is 2. The molecule has 3 atom stereocenters. The Balaban J connectivity index is 1.47. The molecule has 0 radical (unpaired) electrons. The van der Waals surface area contributed by atoms with Gasteiger partial charge >= 0.3 is 0 Å². The molecule has 0 aliphatic heterocycles. The summed E-state index contributed by atoms with van der Waals surface area (Å²) in [5.41, 5.74) is 4.00. The number of hydrogen-bond donors (Lipinski definition) is 2. The molecule has 2 amide bonds. The first-order valence-corrected chi connectivity index (χ1v) is 12.4. The normalized spacial score (nSPS) is 18.5. The van der Waals surface area contributed by atoms with E-state index in [1.54, 1.807) is 11.8 Å². The van der Waals surface area contributed by atoms with Crippen LogP contribution >= 0.6 is 0 Å². The number of nitrogens with zero attached hydrogens (tertiary/aromatic N) is 1. The van der Waals surface area contributed by atoms with E-state index >= 15 is 0 Å². The Morgan fingerprint density at radius 2 is 1.54 bits per heavy atom. The quantitative estimate of drug-likeness (QED) is 0.465. The lowest BCUT2D eigenvalue weighted by molar-refractivity contribution is -0.127. The molecule has 182 valence electrons. The highest BCUT2D eigenvalue weighted by atomic mass is 16.3. The van der Waals surface area contributed by atoms with E-state index in [4.69, 9.17) is 0 Å². The number of amides is 2. The molecule has 0 saturated heterocycles. The number of aliphatic hydroxyl groups excluding tert-OH is 1. The van der Waals surface area contributed by atoms with Crippen molar-refractivity contribution < 1.29 is 14.7 Å². The Morgan fingerprint density at radius 1 is 0.914 bits per heavy atom. The van der Waals surface area contributed by atoms with Crippen LogP contribution in [0.1, 0.15) is 61.3 Å². The Bertz CT molecular complexity index is 1100. The van der Waals surface area contributed by atoms with Crippen molar-refractivity contribution in [1.29, 1.82) is 0 Å². The third-order valence-electron chi connectivity index (χ3n) is 7.00. The molecule has 1 saturated carbocycles. The first-order chi connectivity index (χ1) is 17.1. The van der Waals surface area contributed by atoms with Gasteiger partial charge < -0.3 is 15.3 Å². The van der Waals surface area contributed by atoms with Gasteiger partial charge in [-0.15, -0.1) is 0 Å². The molecule has 1 aliphatic carbocycles. The zero-order valence-electron chi connectivity index (χ0n) is 20.3. The zero-order valence-corrected chi connectivity index (χ0v) is 20.3. The SMILES string of the molecule is CC(=O)N(Cc1ccc(C2CCCCC2C(=O)NC(CO)c2ccccc2)cc1)c1ccccc1. The second-order valence-corrected chi connectivity index (χ2v) is 9.33. The molecule has 4 rings (SSSR count). The van der Waals surface area contributed by atoms with Crippen LogP contribution in [-0.4, -0.2) is 23.5 Å². The lowest BCUT2D eigenvalue weighted by atomic mass is 9.74. The summed E-state index contributed by atoms with van der Waals surface area (Å²) >= 11 is 0. The van der Waals surface area contributed by atoms with Crippen molar-refractivity contribution in [2.45, 2.75) is 51.1 Å². The van der Waals surface area contributed by atoms with Gasteiger partial charge in [0.15, 0.2) is 0 Å². The fourth-order valence-electron chi connectivity index (χ4n) is 5.09. The van der Waals surface area contributed by atoms with E-state index < -0.39 is 6.04 Å². The van der Waals surface area contributed by atoms with Gasteiger partial charge in [-0.05, 0) is 47.6 Å². The van der Waals surface area contributed by atoms with Gasteiger partial charge in [0.2, 0.25) is 11.8 Å². The molecule has 1 aliphatic rings. The maximum atomic E-state index is 13.3. The van der Waals surface area contributed by atoms with Crippen LogP contribution in [0.15, 0.2) is 84.9 Å². The van der Waals surface area contributed by atoms with Crippen molar-refractivity contribution >= 4 is 17.5 Å². The van der Waals surface area contributed by atoms with Gasteiger partial charge in [-0.25, -0.2) is 0 Å². The standard InChI is InChI=1S/C30H34N2O3/c1-22(34)32(26-12-6-3-7-13-26)20-23-16-18-24(19-17-23)27-14-8-9-15-28(27)30(35)31-29(21-33)25-10-4-2-5-11-25/h2-7,10-13,16-19,27-29,33H,8-9,14-15,20-21H2,1H3,(H,31,35). The number of para-hydroxylation sites is 1. The van der Waals surface area contributed by atoms with Gasteiger partial charge in [-0.3, -0.25) is 9.59 Å². The number of aliphatic hydroxyl groups is 1. The van der Waals surface area contributed by atoms with Gasteiger partial charge in [0.25, 0.3) is 0 Å². The van der Waals surface area contributed by atoms with Crippen LogP contribution in [0.4, 0.5) is 5.69 Å². The molecule has 5 heteroatoms. The molecule has 0 heterocycles. The third kappa shape index (κ3) is 6.17. The van der Waals surface area contributed by atoms with Crippen LogP contribution in [-0.2, 0) is 16.1 Å². The average Bonchev–Trinajstić information content (AvgIpc) is 2.91. The van der Waals surface area contributed by atoms with Crippen molar-refractivity contribution in [2.75, 3.05) is 11.5 Å². The number of anilines is 1. The molecule has 3 aromatic carbocycles. The van der Waals surface area contributed by atoms with E-state index in [9.17, 15) is 14.7 Å². The number of rotatable bonds is 8. The lowest BCUT2D eigenvalue weighted by Gasteiger charge is -2.32. The topological polar surface area (TPSA) is 69.6 Å². The number of nitrogens with one attached hydrogen (secondary N) is 1. The van der Waals surface area contributed by atoms with Gasteiger partial charge in [0, 0.05) is 18.5 Å². The average molecular weight is 471 g/mol. The van der Waals surface area contributed by atoms with E-state index in [-0.39, 0.29) is 30.3 Å². The van der Waals surface area contributed by atoms with E-state index in [2.05, 4.69) is 29.6 Å². The Kier molecular flexibility index (Phi) is 8.32. The van der Waals surface area contributed by atoms with Gasteiger partial charge in [0.1, 0.15) is 0 Å². The van der Waals surface area contributed by atoms with Gasteiger partial charge in [0.05, 0.1) is 19.2 Å².